The molecule has 0 bridgehead atoms. The molecule has 2 unspecified atom stereocenters. The van der Waals surface area contributed by atoms with Crippen LogP contribution in [0.15, 0.2) is 0 Å². The first-order chi connectivity index (χ1) is 9.24. The zero-order chi connectivity index (χ0) is 13.2. The fourth-order valence-electron chi connectivity index (χ4n) is 3.41. The largest absolute Gasteiger partial charge is 0.333 e. The minimum absolute atomic E-state index is 0.156. The van der Waals surface area contributed by atoms with E-state index in [1.54, 1.807) is 0 Å². The Kier molecular flexibility index (Phi) is 3.93. The second-order valence-electron chi connectivity index (χ2n) is 6.32. The van der Waals surface area contributed by atoms with Crippen LogP contribution in [0.4, 0.5) is 4.79 Å². The van der Waals surface area contributed by atoms with Crippen molar-refractivity contribution in [1.29, 1.82) is 0 Å². The number of hydrogen-bond donors (Lipinski definition) is 2. The summed E-state index contributed by atoms with van der Waals surface area (Å²) in [6.45, 7) is 5.07. The van der Waals surface area contributed by atoms with Crippen molar-refractivity contribution in [2.24, 2.45) is 5.92 Å². The summed E-state index contributed by atoms with van der Waals surface area (Å²) in [5, 5.41) is 6.60. The first-order valence-corrected chi connectivity index (χ1v) is 7.70. The van der Waals surface area contributed by atoms with Crippen molar-refractivity contribution < 1.29 is 4.79 Å². The smallest absolute Gasteiger partial charge is 0.317 e. The molecule has 3 fully saturated rings. The number of nitrogens with one attached hydrogen (secondary N) is 2. The van der Waals surface area contributed by atoms with Crippen molar-refractivity contribution in [1.82, 2.24) is 20.4 Å². The van der Waals surface area contributed by atoms with Gasteiger partial charge in [-0.1, -0.05) is 6.42 Å². The van der Waals surface area contributed by atoms with Crippen molar-refractivity contribution in [3.05, 3.63) is 0 Å². The first-order valence-electron chi connectivity index (χ1n) is 7.70. The molecule has 3 rings (SSSR count). The third-order valence-corrected chi connectivity index (χ3v) is 5.11. The van der Waals surface area contributed by atoms with Crippen molar-refractivity contribution in [3.63, 3.8) is 0 Å². The number of rotatable bonds is 4. The maximum absolute atomic E-state index is 12.0. The van der Waals surface area contributed by atoms with E-state index in [0.29, 0.717) is 12.1 Å². The summed E-state index contributed by atoms with van der Waals surface area (Å²) in [6.07, 6.45) is 5.02. The molecule has 0 spiro atoms. The molecule has 5 nitrogen and oxygen atoms in total. The summed E-state index contributed by atoms with van der Waals surface area (Å²) >= 11 is 0. The monoisotopic (exact) mass is 266 g/mol. The van der Waals surface area contributed by atoms with Crippen LogP contribution in [0.25, 0.3) is 0 Å². The molecule has 0 aromatic carbocycles. The SMILES string of the molecule is CN1CCNCC1CCN1CC(C2CCC2)NC1=O. The maximum atomic E-state index is 12.0. The van der Waals surface area contributed by atoms with E-state index in [-0.39, 0.29) is 6.03 Å². The molecule has 2 amide bonds. The predicted molar refractivity (Wildman–Crippen MR) is 75.1 cm³/mol. The molecule has 3 aliphatic rings. The second kappa shape index (κ2) is 5.67. The van der Waals surface area contributed by atoms with Gasteiger partial charge in [-0.2, -0.15) is 0 Å². The molecule has 1 aliphatic carbocycles. The van der Waals surface area contributed by atoms with Crippen molar-refractivity contribution in [3.8, 4) is 0 Å². The lowest BCUT2D eigenvalue weighted by atomic mass is 9.80. The van der Waals surface area contributed by atoms with Gasteiger partial charge in [-0.15, -0.1) is 0 Å². The van der Waals surface area contributed by atoms with Gasteiger partial charge in [0, 0.05) is 38.8 Å². The summed E-state index contributed by atoms with van der Waals surface area (Å²) in [6, 6.07) is 1.15. The van der Waals surface area contributed by atoms with E-state index in [9.17, 15) is 4.79 Å². The molecule has 19 heavy (non-hydrogen) atoms. The van der Waals surface area contributed by atoms with Gasteiger partial charge in [-0.25, -0.2) is 4.79 Å². The summed E-state index contributed by atoms with van der Waals surface area (Å²) in [7, 11) is 2.19. The normalized spacial score (nSPS) is 33.3. The van der Waals surface area contributed by atoms with Crippen LogP contribution in [-0.4, -0.2) is 67.7 Å². The molecule has 2 heterocycles. The predicted octanol–water partition coefficient (Wildman–Crippen LogP) is 0.474. The fourth-order valence-corrected chi connectivity index (χ4v) is 3.41. The van der Waals surface area contributed by atoms with E-state index < -0.39 is 0 Å². The number of carbonyl (C=O) groups is 1. The molecule has 5 heteroatoms. The van der Waals surface area contributed by atoms with Gasteiger partial charge in [0.15, 0.2) is 0 Å². The van der Waals surface area contributed by atoms with E-state index in [2.05, 4.69) is 22.6 Å². The van der Waals surface area contributed by atoms with Gasteiger partial charge in [0.25, 0.3) is 0 Å². The quantitative estimate of drug-likeness (QED) is 0.778. The minimum Gasteiger partial charge on any atom is -0.333 e. The van der Waals surface area contributed by atoms with E-state index in [0.717, 1.165) is 45.1 Å². The van der Waals surface area contributed by atoms with Crippen molar-refractivity contribution in [2.45, 2.75) is 37.8 Å². The van der Waals surface area contributed by atoms with Crippen LogP contribution >= 0.6 is 0 Å². The van der Waals surface area contributed by atoms with Gasteiger partial charge >= 0.3 is 6.03 Å². The summed E-state index contributed by atoms with van der Waals surface area (Å²) < 4.78 is 0. The molecule has 0 aromatic rings. The second-order valence-corrected chi connectivity index (χ2v) is 6.32. The molecule has 1 saturated carbocycles. The van der Waals surface area contributed by atoms with Gasteiger partial charge < -0.3 is 20.4 Å². The molecule has 2 N–H and O–H groups in total. The third kappa shape index (κ3) is 2.87. The highest BCUT2D eigenvalue weighted by Crippen LogP contribution is 2.31. The number of amides is 2. The van der Waals surface area contributed by atoms with Crippen LogP contribution in [0.5, 0.6) is 0 Å². The minimum atomic E-state index is 0.156. The number of urea groups is 1. The lowest BCUT2D eigenvalue weighted by Crippen LogP contribution is -2.50. The maximum Gasteiger partial charge on any atom is 0.317 e. The molecular formula is C14H26N4O. The van der Waals surface area contributed by atoms with E-state index in [4.69, 9.17) is 0 Å². The van der Waals surface area contributed by atoms with Gasteiger partial charge in [-0.3, -0.25) is 0 Å². The third-order valence-electron chi connectivity index (χ3n) is 5.11. The van der Waals surface area contributed by atoms with Crippen LogP contribution in [0.1, 0.15) is 25.7 Å². The Morgan fingerprint density at radius 1 is 1.37 bits per heavy atom. The molecule has 0 aromatic heterocycles. The fraction of sp³-hybridized carbons (Fsp3) is 0.929. The van der Waals surface area contributed by atoms with Crippen molar-refractivity contribution >= 4 is 6.03 Å². The van der Waals surface area contributed by atoms with Crippen LogP contribution < -0.4 is 10.6 Å². The van der Waals surface area contributed by atoms with E-state index in [1.807, 2.05) is 4.90 Å². The standard InChI is InChI=1S/C14H26N4O/c1-17-8-6-15-9-12(17)5-7-18-10-13(16-14(18)19)11-3-2-4-11/h11-13,15H,2-10H2,1H3,(H,16,19). The molecule has 0 radical (unpaired) electrons. The Bertz CT molecular complexity index is 331. The van der Waals surface area contributed by atoms with Crippen molar-refractivity contribution in [2.75, 3.05) is 39.8 Å². The highest BCUT2D eigenvalue weighted by atomic mass is 16.2. The molecule has 108 valence electrons. The lowest BCUT2D eigenvalue weighted by molar-refractivity contribution is 0.170. The Balaban J connectivity index is 1.45. The van der Waals surface area contributed by atoms with Gasteiger partial charge in [0.1, 0.15) is 0 Å². The summed E-state index contributed by atoms with van der Waals surface area (Å²) in [5.41, 5.74) is 0. The number of carbonyl (C=O) groups excluding carboxylic acids is 1. The Morgan fingerprint density at radius 2 is 2.21 bits per heavy atom. The van der Waals surface area contributed by atoms with Gasteiger partial charge in [0.2, 0.25) is 0 Å². The zero-order valence-electron chi connectivity index (χ0n) is 11.9. The number of hydrogen-bond acceptors (Lipinski definition) is 3. The highest BCUT2D eigenvalue weighted by Gasteiger charge is 2.36. The van der Waals surface area contributed by atoms with Crippen LogP contribution in [0.3, 0.4) is 0 Å². The Labute approximate surface area is 115 Å². The van der Waals surface area contributed by atoms with E-state index >= 15 is 0 Å². The first kappa shape index (κ1) is 13.2. The summed E-state index contributed by atoms with van der Waals surface area (Å²) in [5.74, 6) is 0.743. The molecule has 2 atom stereocenters. The van der Waals surface area contributed by atoms with Crippen LogP contribution in [0.2, 0.25) is 0 Å². The molecule has 2 saturated heterocycles. The average Bonchev–Trinajstić information content (AvgIpc) is 2.67. The zero-order valence-corrected chi connectivity index (χ0v) is 11.9. The van der Waals surface area contributed by atoms with Gasteiger partial charge in [0.05, 0.1) is 6.04 Å². The highest BCUT2D eigenvalue weighted by molar-refractivity contribution is 5.76. The average molecular weight is 266 g/mol. The van der Waals surface area contributed by atoms with Crippen LogP contribution in [-0.2, 0) is 0 Å². The molecule has 2 aliphatic heterocycles. The van der Waals surface area contributed by atoms with Gasteiger partial charge in [-0.05, 0) is 32.2 Å². The Hall–Kier alpha value is -0.810. The lowest BCUT2D eigenvalue weighted by Gasteiger charge is -2.34. The van der Waals surface area contributed by atoms with E-state index in [1.165, 1.54) is 19.3 Å². The Morgan fingerprint density at radius 3 is 2.89 bits per heavy atom. The summed E-state index contributed by atoms with van der Waals surface area (Å²) in [4.78, 5) is 16.4. The number of likely N-dealkylation sites (N-methyl/N-ethyl adjacent to an activating group) is 1. The topological polar surface area (TPSA) is 47.6 Å². The number of nitrogens with zero attached hydrogens (tertiary/aromatic N) is 2. The van der Waals surface area contributed by atoms with Crippen LogP contribution in [0, 0.1) is 5.92 Å². The number of piperazine rings is 1. The molecular weight excluding hydrogens is 240 g/mol.